The van der Waals surface area contributed by atoms with E-state index in [1.54, 1.807) is 11.3 Å². The minimum absolute atomic E-state index is 0.0684. The first-order valence-corrected chi connectivity index (χ1v) is 7.86. The van der Waals surface area contributed by atoms with Crippen LogP contribution in [0.15, 0.2) is 23.6 Å². The third-order valence-corrected chi connectivity index (χ3v) is 4.56. The van der Waals surface area contributed by atoms with Gasteiger partial charge in [-0.15, -0.1) is 11.3 Å². The van der Waals surface area contributed by atoms with E-state index < -0.39 is 6.10 Å². The van der Waals surface area contributed by atoms with E-state index in [1.165, 1.54) is 11.1 Å². The van der Waals surface area contributed by atoms with E-state index in [0.717, 1.165) is 16.3 Å². The summed E-state index contributed by atoms with van der Waals surface area (Å²) < 4.78 is 0. The maximum absolute atomic E-state index is 10.5. The summed E-state index contributed by atoms with van der Waals surface area (Å²) in [6.07, 6.45) is 0.110. The quantitative estimate of drug-likeness (QED) is 0.912. The standard InChI is InChI=1S/C17H23NOS/c1-11-7-6-8-13(12(11)2)14(19)9-16-18-15(10-20-16)17(3,4)5/h6-8,10,14,19H,9H2,1-5H3. The van der Waals surface area contributed by atoms with Gasteiger partial charge in [0.15, 0.2) is 0 Å². The molecule has 0 aliphatic heterocycles. The highest BCUT2D eigenvalue weighted by Gasteiger charge is 2.19. The summed E-state index contributed by atoms with van der Waals surface area (Å²) in [7, 11) is 0. The van der Waals surface area contributed by atoms with Crippen LogP contribution in [-0.4, -0.2) is 10.1 Å². The fraction of sp³-hybridized carbons (Fsp3) is 0.471. The number of nitrogens with zero attached hydrogens (tertiary/aromatic N) is 1. The fourth-order valence-corrected chi connectivity index (χ4v) is 3.22. The van der Waals surface area contributed by atoms with Crippen LogP contribution in [0.25, 0.3) is 0 Å². The molecule has 0 spiro atoms. The molecule has 1 unspecified atom stereocenters. The Morgan fingerprint density at radius 3 is 2.55 bits per heavy atom. The van der Waals surface area contributed by atoms with Crippen molar-refractivity contribution >= 4 is 11.3 Å². The summed E-state index contributed by atoms with van der Waals surface area (Å²) in [6, 6.07) is 6.08. The van der Waals surface area contributed by atoms with Gasteiger partial charge in [0.25, 0.3) is 0 Å². The molecule has 3 heteroatoms. The van der Waals surface area contributed by atoms with Gasteiger partial charge in [-0.05, 0) is 30.5 Å². The first-order valence-electron chi connectivity index (χ1n) is 6.98. The summed E-state index contributed by atoms with van der Waals surface area (Å²) in [4.78, 5) is 4.66. The second-order valence-electron chi connectivity index (χ2n) is 6.39. The molecule has 0 aliphatic rings. The lowest BCUT2D eigenvalue weighted by Gasteiger charge is -2.15. The van der Waals surface area contributed by atoms with Gasteiger partial charge in [-0.2, -0.15) is 0 Å². The summed E-state index contributed by atoms with van der Waals surface area (Å²) in [6.45, 7) is 10.6. The molecule has 0 bridgehead atoms. The smallest absolute Gasteiger partial charge is 0.0957 e. The Hall–Kier alpha value is -1.19. The third kappa shape index (κ3) is 3.28. The van der Waals surface area contributed by atoms with Gasteiger partial charge in [-0.1, -0.05) is 39.0 Å². The number of hydrogen-bond donors (Lipinski definition) is 1. The van der Waals surface area contributed by atoms with Crippen LogP contribution >= 0.6 is 11.3 Å². The van der Waals surface area contributed by atoms with Crippen molar-refractivity contribution in [3.05, 3.63) is 51.0 Å². The van der Waals surface area contributed by atoms with Crippen LogP contribution in [0.1, 0.15) is 54.3 Å². The number of rotatable bonds is 3. The van der Waals surface area contributed by atoms with Gasteiger partial charge in [0.2, 0.25) is 0 Å². The Morgan fingerprint density at radius 1 is 1.25 bits per heavy atom. The molecule has 2 nitrogen and oxygen atoms in total. The van der Waals surface area contributed by atoms with Crippen molar-refractivity contribution in [1.82, 2.24) is 4.98 Å². The van der Waals surface area contributed by atoms with E-state index in [-0.39, 0.29) is 5.41 Å². The van der Waals surface area contributed by atoms with Crippen LogP contribution < -0.4 is 0 Å². The molecule has 0 saturated heterocycles. The van der Waals surface area contributed by atoms with Gasteiger partial charge >= 0.3 is 0 Å². The zero-order chi connectivity index (χ0) is 14.9. The summed E-state index contributed by atoms with van der Waals surface area (Å²) in [5.41, 5.74) is 4.57. The molecule has 0 amide bonds. The van der Waals surface area contributed by atoms with E-state index in [0.29, 0.717) is 6.42 Å². The molecule has 2 rings (SSSR count). The molecule has 1 atom stereocenters. The summed E-state index contributed by atoms with van der Waals surface area (Å²) >= 11 is 1.64. The maximum atomic E-state index is 10.5. The minimum Gasteiger partial charge on any atom is -0.388 e. The van der Waals surface area contributed by atoms with Crippen LogP contribution in [-0.2, 0) is 11.8 Å². The molecule has 1 aromatic heterocycles. The normalized spacial score (nSPS) is 13.5. The number of aryl methyl sites for hydroxylation is 1. The number of aliphatic hydroxyl groups is 1. The molecule has 0 aliphatic carbocycles. The average molecular weight is 289 g/mol. The minimum atomic E-state index is -0.478. The van der Waals surface area contributed by atoms with Crippen LogP contribution in [0.5, 0.6) is 0 Å². The highest BCUT2D eigenvalue weighted by Crippen LogP contribution is 2.28. The molecule has 0 fully saturated rings. The van der Waals surface area contributed by atoms with E-state index in [2.05, 4.69) is 51.0 Å². The topological polar surface area (TPSA) is 33.1 Å². The van der Waals surface area contributed by atoms with Gasteiger partial charge in [0.05, 0.1) is 16.8 Å². The second kappa shape index (κ2) is 5.66. The van der Waals surface area contributed by atoms with E-state index in [1.807, 2.05) is 12.1 Å². The number of aliphatic hydroxyl groups excluding tert-OH is 1. The molecule has 1 N–H and O–H groups in total. The molecular weight excluding hydrogens is 266 g/mol. The fourth-order valence-electron chi connectivity index (χ4n) is 2.16. The first kappa shape index (κ1) is 15.2. The van der Waals surface area contributed by atoms with Crippen molar-refractivity contribution in [3.63, 3.8) is 0 Å². The number of thiazole rings is 1. The Labute approximate surface area is 125 Å². The van der Waals surface area contributed by atoms with Gasteiger partial charge in [-0.3, -0.25) is 0 Å². The van der Waals surface area contributed by atoms with Crippen LogP contribution in [0.4, 0.5) is 0 Å². The van der Waals surface area contributed by atoms with Crippen molar-refractivity contribution in [1.29, 1.82) is 0 Å². The Balaban J connectivity index is 2.18. The lowest BCUT2D eigenvalue weighted by molar-refractivity contribution is 0.177. The largest absolute Gasteiger partial charge is 0.388 e. The maximum Gasteiger partial charge on any atom is 0.0957 e. The number of aromatic nitrogens is 1. The summed E-state index contributed by atoms with van der Waals surface area (Å²) in [5.74, 6) is 0. The van der Waals surface area contributed by atoms with Crippen LogP contribution in [0.3, 0.4) is 0 Å². The highest BCUT2D eigenvalue weighted by atomic mass is 32.1. The molecule has 108 valence electrons. The van der Waals surface area contributed by atoms with Crippen molar-refractivity contribution in [2.24, 2.45) is 0 Å². The molecule has 1 heterocycles. The molecule has 20 heavy (non-hydrogen) atoms. The first-order chi connectivity index (χ1) is 9.29. The van der Waals surface area contributed by atoms with Gasteiger partial charge in [0, 0.05) is 17.2 Å². The monoisotopic (exact) mass is 289 g/mol. The second-order valence-corrected chi connectivity index (χ2v) is 7.33. The Morgan fingerprint density at radius 2 is 1.95 bits per heavy atom. The Bertz CT molecular complexity index is 595. The number of benzene rings is 1. The van der Waals surface area contributed by atoms with E-state index in [4.69, 9.17) is 0 Å². The molecule has 1 aromatic carbocycles. The zero-order valence-corrected chi connectivity index (χ0v) is 13.7. The molecular formula is C17H23NOS. The SMILES string of the molecule is Cc1cccc(C(O)Cc2nc(C(C)(C)C)cs2)c1C. The molecule has 0 radical (unpaired) electrons. The van der Waals surface area contributed by atoms with Crippen molar-refractivity contribution < 1.29 is 5.11 Å². The lowest BCUT2D eigenvalue weighted by Crippen LogP contribution is -2.12. The Kier molecular flexibility index (Phi) is 4.31. The lowest BCUT2D eigenvalue weighted by atomic mass is 9.93. The average Bonchev–Trinajstić information content (AvgIpc) is 2.81. The molecule has 0 saturated carbocycles. The number of hydrogen-bond acceptors (Lipinski definition) is 3. The third-order valence-electron chi connectivity index (χ3n) is 3.69. The van der Waals surface area contributed by atoms with Gasteiger partial charge < -0.3 is 5.11 Å². The molecule has 2 aromatic rings. The van der Waals surface area contributed by atoms with E-state index >= 15 is 0 Å². The van der Waals surface area contributed by atoms with Crippen LogP contribution in [0.2, 0.25) is 0 Å². The van der Waals surface area contributed by atoms with Crippen molar-refractivity contribution in [2.45, 2.75) is 52.6 Å². The van der Waals surface area contributed by atoms with Crippen LogP contribution in [0, 0.1) is 13.8 Å². The predicted octanol–water partition coefficient (Wildman–Crippen LogP) is 4.33. The van der Waals surface area contributed by atoms with Crippen molar-refractivity contribution in [3.8, 4) is 0 Å². The van der Waals surface area contributed by atoms with Gasteiger partial charge in [-0.25, -0.2) is 4.98 Å². The van der Waals surface area contributed by atoms with E-state index in [9.17, 15) is 5.11 Å². The van der Waals surface area contributed by atoms with Gasteiger partial charge in [0.1, 0.15) is 0 Å². The highest BCUT2D eigenvalue weighted by molar-refractivity contribution is 7.09. The predicted molar refractivity (Wildman–Crippen MR) is 85.4 cm³/mol. The zero-order valence-electron chi connectivity index (χ0n) is 12.9. The summed E-state index contributed by atoms with van der Waals surface area (Å²) in [5, 5.41) is 13.6. The van der Waals surface area contributed by atoms with Crippen molar-refractivity contribution in [2.75, 3.05) is 0 Å².